The van der Waals surface area contributed by atoms with Crippen LogP contribution in [-0.4, -0.2) is 16.5 Å². The molecule has 0 spiro atoms. The van der Waals surface area contributed by atoms with Crippen molar-refractivity contribution in [3.8, 4) is 0 Å². The molecule has 0 aliphatic heterocycles. The lowest BCUT2D eigenvalue weighted by molar-refractivity contribution is -0.121. The summed E-state index contributed by atoms with van der Waals surface area (Å²) in [6.07, 6.45) is 4.79. The van der Waals surface area contributed by atoms with E-state index in [1.807, 2.05) is 24.3 Å². The molecule has 1 atom stereocenters. The van der Waals surface area contributed by atoms with Gasteiger partial charge in [0.1, 0.15) is 5.82 Å². The van der Waals surface area contributed by atoms with Crippen LogP contribution in [0, 0.1) is 5.82 Å². The Kier molecular flexibility index (Phi) is 5.13. The van der Waals surface area contributed by atoms with E-state index in [0.29, 0.717) is 19.0 Å². The van der Waals surface area contributed by atoms with E-state index in [-0.39, 0.29) is 17.6 Å². The number of amides is 1. The summed E-state index contributed by atoms with van der Waals surface area (Å²) in [5.41, 5.74) is 4.51. The average molecular weight is 419 g/mol. The minimum atomic E-state index is -0.226. The fourth-order valence-corrected chi connectivity index (χ4v) is 4.76. The topological polar surface area (TPSA) is 34.0 Å². The van der Waals surface area contributed by atoms with Crippen molar-refractivity contribution in [2.45, 2.75) is 37.8 Å². The Hall–Kier alpha value is -2.92. The number of hydrogen-bond acceptors (Lipinski definition) is 2. The summed E-state index contributed by atoms with van der Waals surface area (Å²) in [5.74, 6) is -0.102. The lowest BCUT2D eigenvalue weighted by atomic mass is 9.89. The number of para-hydroxylation sites is 1. The number of carbonyl (C=O) groups excluding carboxylic acids is 1. The molecule has 1 saturated carbocycles. The number of nitrogens with one attached hydrogen (secondary N) is 1. The molecule has 0 bridgehead atoms. The Morgan fingerprint density at radius 2 is 1.93 bits per heavy atom. The number of fused-ring (bicyclic) bond motifs is 1. The first-order valence-corrected chi connectivity index (χ1v) is 11.3. The average Bonchev–Trinajstić information content (AvgIpc) is 3.26. The first-order chi connectivity index (χ1) is 14.7. The van der Waals surface area contributed by atoms with Gasteiger partial charge in [-0.1, -0.05) is 30.3 Å². The molecule has 1 N–H and O–H groups in total. The molecule has 5 heteroatoms. The highest BCUT2D eigenvalue weighted by atomic mass is 32.1. The molecule has 1 fully saturated rings. The smallest absolute Gasteiger partial charge is 0.221 e. The quantitative estimate of drug-likeness (QED) is 0.411. The van der Waals surface area contributed by atoms with Gasteiger partial charge in [0.25, 0.3) is 0 Å². The number of halogens is 1. The maximum Gasteiger partial charge on any atom is 0.221 e. The standard InChI is InChI=1S/C25H23FN2OS/c26-19-7-5-17(6-8-19)14-28-15-23(21-3-1-2-4-24(21)28)22(18-11-12-30-16-18)13-25(29)27-20-9-10-20/h1-8,11-12,15-16,20,22H,9-10,13-14H2,(H,27,29). The van der Waals surface area contributed by atoms with Gasteiger partial charge in [0.15, 0.2) is 0 Å². The zero-order valence-electron chi connectivity index (χ0n) is 16.6. The van der Waals surface area contributed by atoms with Crippen molar-refractivity contribution in [2.24, 2.45) is 0 Å². The number of nitrogens with zero attached hydrogens (tertiary/aromatic N) is 1. The van der Waals surface area contributed by atoms with Gasteiger partial charge in [0.2, 0.25) is 5.91 Å². The van der Waals surface area contributed by atoms with Crippen LogP contribution in [0.4, 0.5) is 4.39 Å². The molecule has 1 unspecified atom stereocenters. The molecule has 30 heavy (non-hydrogen) atoms. The molecule has 2 aromatic carbocycles. The van der Waals surface area contributed by atoms with Crippen molar-refractivity contribution < 1.29 is 9.18 Å². The van der Waals surface area contributed by atoms with E-state index in [2.05, 4.69) is 45.0 Å². The molecule has 1 aliphatic rings. The Balaban J connectivity index is 1.53. The van der Waals surface area contributed by atoms with Crippen LogP contribution in [0.25, 0.3) is 10.9 Å². The summed E-state index contributed by atoms with van der Waals surface area (Å²) < 4.78 is 15.5. The number of aromatic nitrogens is 1. The SMILES string of the molecule is O=C(CC(c1ccsc1)c1cn(Cc2ccc(F)cc2)c2ccccc12)NC1CC1. The van der Waals surface area contributed by atoms with Gasteiger partial charge in [-0.3, -0.25) is 4.79 Å². The number of benzene rings is 2. The fourth-order valence-electron chi connectivity index (χ4n) is 4.05. The molecule has 4 aromatic rings. The minimum Gasteiger partial charge on any atom is -0.353 e. The fraction of sp³-hybridized carbons (Fsp3) is 0.240. The second kappa shape index (κ2) is 8.07. The lowest BCUT2D eigenvalue weighted by Gasteiger charge is -2.15. The number of thiophene rings is 1. The summed E-state index contributed by atoms with van der Waals surface area (Å²) >= 11 is 1.66. The van der Waals surface area contributed by atoms with E-state index in [1.165, 1.54) is 17.7 Å². The maximum absolute atomic E-state index is 13.3. The van der Waals surface area contributed by atoms with E-state index < -0.39 is 0 Å². The Bertz CT molecular complexity index is 1160. The van der Waals surface area contributed by atoms with Gasteiger partial charge in [-0.25, -0.2) is 4.39 Å². The third kappa shape index (κ3) is 4.03. The first-order valence-electron chi connectivity index (χ1n) is 10.3. The molecular weight excluding hydrogens is 395 g/mol. The van der Waals surface area contributed by atoms with Crippen LogP contribution >= 0.6 is 11.3 Å². The molecule has 0 radical (unpaired) electrons. The van der Waals surface area contributed by atoms with Gasteiger partial charge >= 0.3 is 0 Å². The van der Waals surface area contributed by atoms with Crippen LogP contribution in [0.1, 0.15) is 41.9 Å². The summed E-state index contributed by atoms with van der Waals surface area (Å²) in [6, 6.07) is 17.4. The second-order valence-electron chi connectivity index (χ2n) is 8.01. The minimum absolute atomic E-state index is 0.00867. The lowest BCUT2D eigenvalue weighted by Crippen LogP contribution is -2.27. The number of carbonyl (C=O) groups is 1. The summed E-state index contributed by atoms with van der Waals surface area (Å²) in [6.45, 7) is 0.658. The van der Waals surface area contributed by atoms with Crippen LogP contribution in [0.2, 0.25) is 0 Å². The van der Waals surface area contributed by atoms with Crippen molar-refractivity contribution >= 4 is 28.1 Å². The Labute approximate surface area is 179 Å². The van der Waals surface area contributed by atoms with Crippen LogP contribution in [0.3, 0.4) is 0 Å². The van der Waals surface area contributed by atoms with E-state index in [4.69, 9.17) is 0 Å². The normalized spacial score (nSPS) is 14.7. The predicted octanol–water partition coefficient (Wildman–Crippen LogP) is 5.69. The highest BCUT2D eigenvalue weighted by Gasteiger charge is 2.27. The van der Waals surface area contributed by atoms with E-state index in [9.17, 15) is 9.18 Å². The molecule has 2 aromatic heterocycles. The number of rotatable bonds is 7. The molecule has 1 aliphatic carbocycles. The molecule has 3 nitrogen and oxygen atoms in total. The van der Waals surface area contributed by atoms with Gasteiger partial charge in [0, 0.05) is 42.0 Å². The molecule has 152 valence electrons. The third-order valence-corrected chi connectivity index (χ3v) is 6.44. The van der Waals surface area contributed by atoms with Crippen molar-refractivity contribution in [2.75, 3.05) is 0 Å². The summed E-state index contributed by atoms with van der Waals surface area (Å²) in [4.78, 5) is 12.7. The summed E-state index contributed by atoms with van der Waals surface area (Å²) in [7, 11) is 0. The van der Waals surface area contributed by atoms with E-state index >= 15 is 0 Å². The highest BCUT2D eigenvalue weighted by molar-refractivity contribution is 7.08. The van der Waals surface area contributed by atoms with Crippen LogP contribution in [-0.2, 0) is 11.3 Å². The van der Waals surface area contributed by atoms with Crippen LogP contribution in [0.5, 0.6) is 0 Å². The summed E-state index contributed by atoms with van der Waals surface area (Å²) in [5, 5.41) is 8.51. The van der Waals surface area contributed by atoms with Gasteiger partial charge in [-0.05, 0) is 64.6 Å². The van der Waals surface area contributed by atoms with Crippen molar-refractivity contribution in [1.29, 1.82) is 0 Å². The second-order valence-corrected chi connectivity index (χ2v) is 8.79. The number of hydrogen-bond donors (Lipinski definition) is 1. The van der Waals surface area contributed by atoms with E-state index in [1.54, 1.807) is 11.3 Å². The zero-order valence-corrected chi connectivity index (χ0v) is 17.4. The Morgan fingerprint density at radius 3 is 2.67 bits per heavy atom. The Morgan fingerprint density at radius 1 is 1.13 bits per heavy atom. The van der Waals surface area contributed by atoms with E-state index in [0.717, 1.165) is 34.9 Å². The van der Waals surface area contributed by atoms with Gasteiger partial charge in [0.05, 0.1) is 0 Å². The van der Waals surface area contributed by atoms with Crippen LogP contribution in [0.15, 0.2) is 71.6 Å². The molecule has 5 rings (SSSR count). The molecule has 2 heterocycles. The molecule has 0 saturated heterocycles. The van der Waals surface area contributed by atoms with Crippen LogP contribution < -0.4 is 5.32 Å². The highest BCUT2D eigenvalue weighted by Crippen LogP contribution is 2.36. The molecule has 1 amide bonds. The van der Waals surface area contributed by atoms with Gasteiger partial charge < -0.3 is 9.88 Å². The van der Waals surface area contributed by atoms with Crippen molar-refractivity contribution in [3.63, 3.8) is 0 Å². The molecular formula is C25H23FN2OS. The van der Waals surface area contributed by atoms with Gasteiger partial charge in [-0.2, -0.15) is 11.3 Å². The third-order valence-electron chi connectivity index (χ3n) is 5.74. The largest absolute Gasteiger partial charge is 0.353 e. The van der Waals surface area contributed by atoms with Gasteiger partial charge in [-0.15, -0.1) is 0 Å². The zero-order chi connectivity index (χ0) is 20.5. The maximum atomic E-state index is 13.3. The monoisotopic (exact) mass is 418 g/mol. The first kappa shape index (κ1) is 19.1. The van der Waals surface area contributed by atoms with Crippen molar-refractivity contribution in [1.82, 2.24) is 9.88 Å². The predicted molar refractivity (Wildman–Crippen MR) is 119 cm³/mol. The van der Waals surface area contributed by atoms with Crippen molar-refractivity contribution in [3.05, 3.63) is 94.1 Å².